The molecule has 2 saturated carbocycles. The van der Waals surface area contributed by atoms with Crippen molar-refractivity contribution in [1.82, 2.24) is 0 Å². The van der Waals surface area contributed by atoms with E-state index < -0.39 is 0 Å². The molecule has 0 aromatic carbocycles. The molecule has 2 fully saturated rings. The predicted molar refractivity (Wildman–Crippen MR) is 81.2 cm³/mol. The van der Waals surface area contributed by atoms with Crippen LogP contribution in [0, 0.1) is 28.6 Å². The van der Waals surface area contributed by atoms with Gasteiger partial charge in [0.1, 0.15) is 5.78 Å². The molecule has 0 aliphatic heterocycles. The van der Waals surface area contributed by atoms with Crippen LogP contribution in [-0.4, -0.2) is 5.78 Å². The molecule has 4 rings (SSSR count). The quantitative estimate of drug-likeness (QED) is 0.624. The Kier molecular flexibility index (Phi) is 2.63. The third kappa shape index (κ3) is 1.47. The maximum atomic E-state index is 12.3. The summed E-state index contributed by atoms with van der Waals surface area (Å²) in [4.78, 5) is 12.3. The summed E-state index contributed by atoms with van der Waals surface area (Å²) in [6, 6.07) is 0. The second-order valence-electron chi connectivity index (χ2n) is 8.05. The number of hydrogen-bond donors (Lipinski definition) is 0. The van der Waals surface area contributed by atoms with E-state index >= 15 is 0 Å². The van der Waals surface area contributed by atoms with Gasteiger partial charge in [-0.2, -0.15) is 0 Å². The first-order chi connectivity index (χ1) is 9.56. The molecule has 1 heteroatoms. The second kappa shape index (κ2) is 4.08. The largest absolute Gasteiger partial charge is 0.299 e. The highest BCUT2D eigenvalue weighted by molar-refractivity contribution is 5.87. The first kappa shape index (κ1) is 12.9. The molecule has 0 heterocycles. The van der Waals surface area contributed by atoms with Gasteiger partial charge in [-0.1, -0.05) is 32.1 Å². The minimum absolute atomic E-state index is 0.0212. The Hall–Kier alpha value is -0.850. The lowest BCUT2D eigenvalue weighted by molar-refractivity contribution is -0.131. The van der Waals surface area contributed by atoms with Gasteiger partial charge in [0.15, 0.2) is 0 Å². The van der Waals surface area contributed by atoms with Crippen molar-refractivity contribution in [1.29, 1.82) is 0 Å². The van der Waals surface area contributed by atoms with Gasteiger partial charge in [-0.3, -0.25) is 4.79 Å². The fourth-order valence-corrected chi connectivity index (χ4v) is 6.07. The minimum atomic E-state index is 0.0212. The number of carbonyl (C=O) groups excluding carboxylic acids is 1. The predicted octanol–water partition coefficient (Wildman–Crippen LogP) is 4.68. The Morgan fingerprint density at radius 2 is 1.90 bits per heavy atom. The van der Waals surface area contributed by atoms with Crippen molar-refractivity contribution in [3.63, 3.8) is 0 Å². The van der Waals surface area contributed by atoms with E-state index in [-0.39, 0.29) is 5.41 Å². The summed E-state index contributed by atoms with van der Waals surface area (Å²) in [7, 11) is 0. The summed E-state index contributed by atoms with van der Waals surface area (Å²) in [5, 5.41) is 0. The molecule has 108 valence electrons. The van der Waals surface area contributed by atoms with E-state index in [2.05, 4.69) is 32.1 Å². The molecule has 0 saturated heterocycles. The molecule has 0 bridgehead atoms. The average molecular weight is 270 g/mol. The van der Waals surface area contributed by atoms with Crippen molar-refractivity contribution >= 4 is 5.78 Å². The van der Waals surface area contributed by atoms with Gasteiger partial charge in [0.25, 0.3) is 0 Å². The first-order valence-corrected chi connectivity index (χ1v) is 8.46. The molecule has 20 heavy (non-hydrogen) atoms. The number of ketones is 1. The zero-order valence-electron chi connectivity index (χ0n) is 12.8. The summed E-state index contributed by atoms with van der Waals surface area (Å²) in [6.45, 7) is 4.77. The van der Waals surface area contributed by atoms with Crippen LogP contribution in [-0.2, 0) is 4.79 Å². The van der Waals surface area contributed by atoms with Crippen molar-refractivity contribution in [2.75, 3.05) is 0 Å². The van der Waals surface area contributed by atoms with Crippen molar-refractivity contribution in [2.45, 2.75) is 58.8 Å². The zero-order valence-corrected chi connectivity index (χ0v) is 12.8. The molecule has 0 radical (unpaired) electrons. The van der Waals surface area contributed by atoms with Crippen LogP contribution in [0.25, 0.3) is 0 Å². The Bertz CT molecular complexity index is 514. The van der Waals surface area contributed by atoms with Gasteiger partial charge in [-0.05, 0) is 67.3 Å². The molecule has 4 aliphatic rings. The fourth-order valence-electron chi connectivity index (χ4n) is 6.07. The Balaban J connectivity index is 1.74. The maximum absolute atomic E-state index is 12.3. The zero-order chi connectivity index (χ0) is 14.0. The van der Waals surface area contributed by atoms with Crippen LogP contribution in [0.4, 0.5) is 0 Å². The monoisotopic (exact) mass is 270 g/mol. The van der Waals surface area contributed by atoms with Crippen LogP contribution in [0.1, 0.15) is 58.8 Å². The number of carbonyl (C=O) groups is 1. The second-order valence-corrected chi connectivity index (χ2v) is 8.05. The smallest absolute Gasteiger partial charge is 0.139 e. The minimum Gasteiger partial charge on any atom is -0.299 e. The summed E-state index contributed by atoms with van der Waals surface area (Å²) < 4.78 is 0. The van der Waals surface area contributed by atoms with Crippen molar-refractivity contribution < 1.29 is 4.79 Å². The molecule has 0 aromatic rings. The molecule has 0 spiro atoms. The summed E-state index contributed by atoms with van der Waals surface area (Å²) in [6.07, 6.45) is 15.4. The topological polar surface area (TPSA) is 17.1 Å². The lowest BCUT2D eigenvalue weighted by Crippen LogP contribution is -2.49. The highest BCUT2D eigenvalue weighted by Crippen LogP contribution is 2.63. The Morgan fingerprint density at radius 1 is 1.10 bits per heavy atom. The molecule has 5 atom stereocenters. The van der Waals surface area contributed by atoms with Gasteiger partial charge in [-0.25, -0.2) is 0 Å². The number of hydrogen-bond acceptors (Lipinski definition) is 1. The molecule has 0 N–H and O–H groups in total. The van der Waals surface area contributed by atoms with E-state index in [1.807, 2.05) is 0 Å². The molecule has 0 aromatic heterocycles. The first-order valence-electron chi connectivity index (χ1n) is 8.46. The molecule has 4 aliphatic carbocycles. The van der Waals surface area contributed by atoms with E-state index in [1.165, 1.54) is 25.7 Å². The third-order valence-corrected chi connectivity index (χ3v) is 7.36. The van der Waals surface area contributed by atoms with Gasteiger partial charge in [-0.15, -0.1) is 0 Å². The van der Waals surface area contributed by atoms with Crippen LogP contribution in [0.3, 0.4) is 0 Å². The Morgan fingerprint density at radius 3 is 2.75 bits per heavy atom. The van der Waals surface area contributed by atoms with Crippen LogP contribution < -0.4 is 0 Å². The van der Waals surface area contributed by atoms with Crippen molar-refractivity contribution in [3.8, 4) is 0 Å². The van der Waals surface area contributed by atoms with Gasteiger partial charge in [0.05, 0.1) is 0 Å². The lowest BCUT2D eigenvalue weighted by Gasteiger charge is -2.55. The van der Waals surface area contributed by atoms with Crippen LogP contribution in [0.2, 0.25) is 0 Å². The molecule has 0 unspecified atom stereocenters. The molecular weight excluding hydrogens is 244 g/mol. The maximum Gasteiger partial charge on any atom is 0.139 e. The number of allylic oxidation sites excluding steroid dienone is 4. The summed E-state index contributed by atoms with van der Waals surface area (Å²) in [5.41, 5.74) is 2.01. The third-order valence-electron chi connectivity index (χ3n) is 7.36. The average Bonchev–Trinajstić information content (AvgIpc) is 2.74. The normalized spacial score (nSPS) is 50.2. The Labute approximate surface area is 122 Å². The SMILES string of the molecule is C[C@@]12CC[C@@H]3[C@H](CC=C4C=CCC[C@@]43C)[C@H]1CCC2=O. The van der Waals surface area contributed by atoms with Crippen LogP contribution in [0.15, 0.2) is 23.8 Å². The standard InChI is InChI=1S/C19H26O/c1-18-11-4-3-5-13(18)6-7-14-15-8-9-17(20)19(15,2)12-10-16(14)18/h3,5-6,14-16H,4,7-12H2,1-2H3/t14-,15-,16-,18+,19-/m1/s1. The van der Waals surface area contributed by atoms with Gasteiger partial charge < -0.3 is 0 Å². The van der Waals surface area contributed by atoms with E-state index in [0.717, 1.165) is 31.1 Å². The van der Waals surface area contributed by atoms with E-state index in [4.69, 9.17) is 0 Å². The van der Waals surface area contributed by atoms with Crippen LogP contribution in [0.5, 0.6) is 0 Å². The fraction of sp³-hybridized carbons (Fsp3) is 0.737. The number of fused-ring (bicyclic) bond motifs is 5. The summed E-state index contributed by atoms with van der Waals surface area (Å²) in [5.74, 6) is 2.80. The van der Waals surface area contributed by atoms with Crippen molar-refractivity contribution in [3.05, 3.63) is 23.8 Å². The highest BCUT2D eigenvalue weighted by Gasteiger charge is 2.57. The van der Waals surface area contributed by atoms with E-state index in [9.17, 15) is 4.79 Å². The summed E-state index contributed by atoms with van der Waals surface area (Å²) >= 11 is 0. The van der Waals surface area contributed by atoms with Crippen LogP contribution >= 0.6 is 0 Å². The van der Waals surface area contributed by atoms with E-state index in [1.54, 1.807) is 5.57 Å². The van der Waals surface area contributed by atoms with Gasteiger partial charge >= 0.3 is 0 Å². The van der Waals surface area contributed by atoms with Gasteiger partial charge in [0, 0.05) is 11.8 Å². The van der Waals surface area contributed by atoms with Gasteiger partial charge in [0.2, 0.25) is 0 Å². The molecule has 1 nitrogen and oxygen atoms in total. The van der Waals surface area contributed by atoms with Crippen molar-refractivity contribution in [2.24, 2.45) is 28.6 Å². The molecule has 0 amide bonds. The van der Waals surface area contributed by atoms with E-state index in [0.29, 0.717) is 17.1 Å². The number of Topliss-reactive ketones (excluding diaryl/α,β-unsaturated/α-hetero) is 1. The number of rotatable bonds is 0. The lowest BCUT2D eigenvalue weighted by atomic mass is 9.49. The molecular formula is C19H26O. The highest BCUT2D eigenvalue weighted by atomic mass is 16.1.